The Bertz CT molecular complexity index is 461. The van der Waals surface area contributed by atoms with Crippen molar-refractivity contribution in [3.63, 3.8) is 0 Å². The summed E-state index contributed by atoms with van der Waals surface area (Å²) < 4.78 is 6.16. The lowest BCUT2D eigenvalue weighted by molar-refractivity contribution is 0.0941. The molecule has 104 valence electrons. The van der Waals surface area contributed by atoms with Gasteiger partial charge in [0.1, 0.15) is 5.75 Å². The highest BCUT2D eigenvalue weighted by Gasteiger charge is 2.24. The standard InChI is InChI=1S/C15H20BrNO2/c1-10-4-3-5-11(10)9-17-15(18)13-7-6-12(16)8-14(13)19-2/h6-8,10-11H,3-5,9H2,1-2H3,(H,17,18). The van der Waals surface area contributed by atoms with E-state index >= 15 is 0 Å². The van der Waals surface area contributed by atoms with Crippen LogP contribution in [-0.4, -0.2) is 19.6 Å². The first kappa shape index (κ1) is 14.4. The van der Waals surface area contributed by atoms with Crippen molar-refractivity contribution in [2.75, 3.05) is 13.7 Å². The van der Waals surface area contributed by atoms with Gasteiger partial charge in [-0.2, -0.15) is 0 Å². The maximum absolute atomic E-state index is 12.2. The van der Waals surface area contributed by atoms with Crippen LogP contribution in [0.4, 0.5) is 0 Å². The Labute approximate surface area is 122 Å². The van der Waals surface area contributed by atoms with Gasteiger partial charge in [0.25, 0.3) is 5.91 Å². The third-order valence-electron chi connectivity index (χ3n) is 3.97. The molecule has 1 aliphatic carbocycles. The van der Waals surface area contributed by atoms with E-state index in [-0.39, 0.29) is 5.91 Å². The molecule has 1 aromatic carbocycles. The number of carbonyl (C=O) groups excluding carboxylic acids is 1. The van der Waals surface area contributed by atoms with Crippen LogP contribution < -0.4 is 10.1 Å². The average Bonchev–Trinajstić information content (AvgIpc) is 2.81. The van der Waals surface area contributed by atoms with Gasteiger partial charge in [0, 0.05) is 11.0 Å². The molecule has 3 nitrogen and oxygen atoms in total. The van der Waals surface area contributed by atoms with Crippen molar-refractivity contribution in [3.8, 4) is 5.75 Å². The van der Waals surface area contributed by atoms with Gasteiger partial charge in [-0.3, -0.25) is 4.79 Å². The molecule has 1 fully saturated rings. The first-order chi connectivity index (χ1) is 9.11. The number of nitrogens with one attached hydrogen (secondary N) is 1. The van der Waals surface area contributed by atoms with Crippen molar-refractivity contribution in [2.45, 2.75) is 26.2 Å². The second-order valence-corrected chi connectivity index (χ2v) is 6.14. The first-order valence-electron chi connectivity index (χ1n) is 6.73. The minimum atomic E-state index is -0.0524. The van der Waals surface area contributed by atoms with Crippen LogP contribution in [0.2, 0.25) is 0 Å². The molecule has 0 spiro atoms. The van der Waals surface area contributed by atoms with E-state index in [1.54, 1.807) is 13.2 Å². The van der Waals surface area contributed by atoms with Crippen LogP contribution in [0.25, 0.3) is 0 Å². The van der Waals surface area contributed by atoms with E-state index in [9.17, 15) is 4.79 Å². The number of hydrogen-bond acceptors (Lipinski definition) is 2. The molecule has 1 amide bonds. The fourth-order valence-corrected chi connectivity index (χ4v) is 3.04. The molecule has 1 aromatic rings. The molecule has 2 rings (SSSR count). The highest BCUT2D eigenvalue weighted by Crippen LogP contribution is 2.30. The van der Waals surface area contributed by atoms with Crippen LogP contribution >= 0.6 is 15.9 Å². The Morgan fingerprint density at radius 1 is 1.47 bits per heavy atom. The predicted molar refractivity (Wildman–Crippen MR) is 79.5 cm³/mol. The van der Waals surface area contributed by atoms with Gasteiger partial charge in [-0.05, 0) is 36.5 Å². The number of methoxy groups -OCH3 is 1. The van der Waals surface area contributed by atoms with E-state index in [2.05, 4.69) is 28.2 Å². The van der Waals surface area contributed by atoms with Crippen molar-refractivity contribution in [2.24, 2.45) is 11.8 Å². The van der Waals surface area contributed by atoms with Crippen LogP contribution in [0.5, 0.6) is 5.75 Å². The van der Waals surface area contributed by atoms with Gasteiger partial charge in [-0.1, -0.05) is 35.7 Å². The van der Waals surface area contributed by atoms with Crippen LogP contribution in [0.15, 0.2) is 22.7 Å². The van der Waals surface area contributed by atoms with Gasteiger partial charge >= 0.3 is 0 Å². The van der Waals surface area contributed by atoms with Crippen molar-refractivity contribution in [1.82, 2.24) is 5.32 Å². The topological polar surface area (TPSA) is 38.3 Å². The van der Waals surface area contributed by atoms with E-state index in [1.807, 2.05) is 12.1 Å². The number of halogens is 1. The second-order valence-electron chi connectivity index (χ2n) is 5.22. The van der Waals surface area contributed by atoms with E-state index < -0.39 is 0 Å². The van der Waals surface area contributed by atoms with Gasteiger partial charge in [0.05, 0.1) is 12.7 Å². The van der Waals surface area contributed by atoms with Crippen molar-refractivity contribution in [1.29, 1.82) is 0 Å². The highest BCUT2D eigenvalue weighted by atomic mass is 79.9. The van der Waals surface area contributed by atoms with E-state index in [0.717, 1.165) is 11.0 Å². The third-order valence-corrected chi connectivity index (χ3v) is 4.47. The Balaban J connectivity index is 1.99. The Kier molecular flexibility index (Phi) is 4.86. The summed E-state index contributed by atoms with van der Waals surface area (Å²) in [7, 11) is 1.58. The fraction of sp³-hybridized carbons (Fsp3) is 0.533. The molecule has 0 heterocycles. The summed E-state index contributed by atoms with van der Waals surface area (Å²) in [4.78, 5) is 12.2. The summed E-state index contributed by atoms with van der Waals surface area (Å²) in [6.45, 7) is 3.03. The summed E-state index contributed by atoms with van der Waals surface area (Å²) in [5, 5.41) is 3.03. The Hall–Kier alpha value is -1.03. The first-order valence-corrected chi connectivity index (χ1v) is 7.53. The molecule has 1 aliphatic rings. The lowest BCUT2D eigenvalue weighted by Gasteiger charge is -2.16. The van der Waals surface area contributed by atoms with E-state index in [4.69, 9.17) is 4.74 Å². The molecule has 4 heteroatoms. The van der Waals surface area contributed by atoms with E-state index in [1.165, 1.54) is 19.3 Å². The number of amides is 1. The minimum Gasteiger partial charge on any atom is -0.496 e. The second kappa shape index (κ2) is 6.42. The number of ether oxygens (including phenoxy) is 1. The number of carbonyl (C=O) groups is 1. The molecule has 1 N–H and O–H groups in total. The average molecular weight is 326 g/mol. The molecule has 1 saturated carbocycles. The quantitative estimate of drug-likeness (QED) is 0.918. The smallest absolute Gasteiger partial charge is 0.255 e. The molecule has 0 aliphatic heterocycles. The highest BCUT2D eigenvalue weighted by molar-refractivity contribution is 9.10. The lowest BCUT2D eigenvalue weighted by Crippen LogP contribution is -2.30. The van der Waals surface area contributed by atoms with Gasteiger partial charge in [0.2, 0.25) is 0 Å². The normalized spacial score (nSPS) is 22.3. The third kappa shape index (κ3) is 3.50. The molecule has 0 radical (unpaired) electrons. The largest absolute Gasteiger partial charge is 0.496 e. The summed E-state index contributed by atoms with van der Waals surface area (Å²) in [5.41, 5.74) is 0.594. The fourth-order valence-electron chi connectivity index (χ4n) is 2.70. The zero-order chi connectivity index (χ0) is 13.8. The predicted octanol–water partition coefficient (Wildman–Crippen LogP) is 3.62. The minimum absolute atomic E-state index is 0.0524. The number of hydrogen-bond donors (Lipinski definition) is 1. The summed E-state index contributed by atoms with van der Waals surface area (Å²) >= 11 is 3.38. The Morgan fingerprint density at radius 2 is 2.26 bits per heavy atom. The van der Waals surface area contributed by atoms with Crippen LogP contribution in [0, 0.1) is 11.8 Å². The summed E-state index contributed by atoms with van der Waals surface area (Å²) in [6, 6.07) is 5.46. The van der Waals surface area contributed by atoms with Gasteiger partial charge in [-0.25, -0.2) is 0 Å². The summed E-state index contributed by atoms with van der Waals surface area (Å²) in [5.74, 6) is 1.88. The number of rotatable bonds is 4. The van der Waals surface area contributed by atoms with Crippen LogP contribution in [0.3, 0.4) is 0 Å². The maximum atomic E-state index is 12.2. The van der Waals surface area contributed by atoms with Crippen LogP contribution in [-0.2, 0) is 0 Å². The molecular weight excluding hydrogens is 306 g/mol. The van der Waals surface area contributed by atoms with Gasteiger partial charge in [0.15, 0.2) is 0 Å². The zero-order valence-electron chi connectivity index (χ0n) is 11.4. The monoisotopic (exact) mass is 325 g/mol. The molecule has 2 unspecified atom stereocenters. The molecule has 0 aromatic heterocycles. The molecular formula is C15H20BrNO2. The SMILES string of the molecule is COc1cc(Br)ccc1C(=O)NCC1CCCC1C. The Morgan fingerprint density at radius 3 is 2.89 bits per heavy atom. The van der Waals surface area contributed by atoms with Gasteiger partial charge in [-0.15, -0.1) is 0 Å². The van der Waals surface area contributed by atoms with Crippen molar-refractivity contribution >= 4 is 21.8 Å². The molecule has 0 bridgehead atoms. The molecule has 2 atom stereocenters. The van der Waals surface area contributed by atoms with Gasteiger partial charge < -0.3 is 10.1 Å². The number of benzene rings is 1. The van der Waals surface area contributed by atoms with Crippen LogP contribution in [0.1, 0.15) is 36.5 Å². The lowest BCUT2D eigenvalue weighted by atomic mass is 9.98. The summed E-state index contributed by atoms with van der Waals surface area (Å²) in [6.07, 6.45) is 3.78. The zero-order valence-corrected chi connectivity index (χ0v) is 13.0. The maximum Gasteiger partial charge on any atom is 0.255 e. The molecule has 0 saturated heterocycles. The van der Waals surface area contributed by atoms with E-state index in [0.29, 0.717) is 23.1 Å². The van der Waals surface area contributed by atoms with Crippen molar-refractivity contribution < 1.29 is 9.53 Å². The molecule has 19 heavy (non-hydrogen) atoms. The van der Waals surface area contributed by atoms with Crippen molar-refractivity contribution in [3.05, 3.63) is 28.2 Å².